The summed E-state index contributed by atoms with van der Waals surface area (Å²) >= 11 is 0. The SMILES string of the molecule is Cc1ccc(S(=O)(=O)N2CCC3C(CC=CC[Si](C)(C)C)CN(C)C3(C)C2=O)cc1. The van der Waals surface area contributed by atoms with Gasteiger partial charge < -0.3 is 0 Å². The Morgan fingerprint density at radius 3 is 2.40 bits per heavy atom. The summed E-state index contributed by atoms with van der Waals surface area (Å²) in [6, 6.07) is 7.90. The van der Waals surface area contributed by atoms with E-state index in [0.717, 1.165) is 22.8 Å². The number of likely N-dealkylation sites (N-methyl/N-ethyl adjacent to an activating group) is 1. The zero-order valence-corrected chi connectivity index (χ0v) is 21.0. The predicted octanol–water partition coefficient (Wildman–Crippen LogP) is 4.14. The van der Waals surface area contributed by atoms with Crippen molar-refractivity contribution in [3.05, 3.63) is 42.0 Å². The monoisotopic (exact) mass is 448 g/mol. The van der Waals surface area contributed by atoms with E-state index in [4.69, 9.17) is 0 Å². The van der Waals surface area contributed by atoms with Crippen LogP contribution in [0.5, 0.6) is 0 Å². The highest BCUT2D eigenvalue weighted by Crippen LogP contribution is 2.46. The van der Waals surface area contributed by atoms with Gasteiger partial charge in [-0.05, 0) is 63.7 Å². The molecule has 2 fully saturated rings. The van der Waals surface area contributed by atoms with Crippen molar-refractivity contribution in [2.75, 3.05) is 20.1 Å². The lowest BCUT2D eigenvalue weighted by Gasteiger charge is -2.44. The first-order valence-corrected chi connectivity index (χ1v) is 16.0. The van der Waals surface area contributed by atoms with E-state index in [1.165, 1.54) is 6.04 Å². The number of aryl methyl sites for hydroxylation is 1. The lowest BCUT2D eigenvalue weighted by atomic mass is 9.75. The molecule has 0 N–H and O–H groups in total. The molecule has 3 unspecified atom stereocenters. The van der Waals surface area contributed by atoms with Gasteiger partial charge in [0.15, 0.2) is 0 Å². The Hall–Kier alpha value is -1.44. The molecule has 1 aromatic rings. The van der Waals surface area contributed by atoms with Crippen LogP contribution in [0.4, 0.5) is 0 Å². The molecule has 0 spiro atoms. The van der Waals surface area contributed by atoms with Crippen molar-refractivity contribution in [3.63, 3.8) is 0 Å². The maximum Gasteiger partial charge on any atom is 0.266 e. The molecule has 2 aliphatic rings. The van der Waals surface area contributed by atoms with Crippen LogP contribution in [0.2, 0.25) is 25.7 Å². The average molecular weight is 449 g/mol. The molecule has 0 aliphatic carbocycles. The number of sulfonamides is 1. The zero-order valence-electron chi connectivity index (χ0n) is 19.2. The minimum atomic E-state index is -3.84. The van der Waals surface area contributed by atoms with Gasteiger partial charge in [-0.1, -0.05) is 49.5 Å². The molecule has 3 rings (SSSR count). The molecular weight excluding hydrogens is 412 g/mol. The van der Waals surface area contributed by atoms with Crippen LogP contribution in [-0.2, 0) is 14.8 Å². The van der Waals surface area contributed by atoms with Crippen molar-refractivity contribution in [1.82, 2.24) is 9.21 Å². The fraction of sp³-hybridized carbons (Fsp3) is 0.609. The summed E-state index contributed by atoms with van der Waals surface area (Å²) in [6.07, 6.45) is 6.25. The van der Waals surface area contributed by atoms with Gasteiger partial charge >= 0.3 is 0 Å². The average Bonchev–Trinajstić information content (AvgIpc) is 2.90. The summed E-state index contributed by atoms with van der Waals surface area (Å²) in [5.74, 6) is 0.275. The number of carbonyl (C=O) groups excluding carboxylic acids is 1. The molecule has 166 valence electrons. The number of amides is 1. The molecule has 1 amide bonds. The highest BCUT2D eigenvalue weighted by Gasteiger charge is 2.58. The standard InChI is InChI=1S/C23H36N2O3SSi/c1-18-10-12-20(13-11-18)29(27,28)25-15-14-21-19(9-7-8-16-30(4,5)6)17-24(3)23(21,2)22(25)26/h7-8,10-13,19,21H,9,14-17H2,1-6H3. The van der Waals surface area contributed by atoms with Gasteiger partial charge in [-0.3, -0.25) is 9.69 Å². The van der Waals surface area contributed by atoms with Crippen LogP contribution in [0.3, 0.4) is 0 Å². The van der Waals surface area contributed by atoms with Crippen molar-refractivity contribution < 1.29 is 13.2 Å². The van der Waals surface area contributed by atoms with E-state index < -0.39 is 23.6 Å². The Labute approximate surface area is 183 Å². The van der Waals surface area contributed by atoms with Crippen molar-refractivity contribution in [2.45, 2.75) is 62.8 Å². The molecule has 0 saturated carbocycles. The normalized spacial score (nSPS) is 28.3. The second-order valence-electron chi connectivity index (χ2n) is 10.4. The Morgan fingerprint density at radius 2 is 1.80 bits per heavy atom. The minimum Gasteiger partial charge on any atom is -0.292 e. The quantitative estimate of drug-likeness (QED) is 0.485. The number of carbonyl (C=O) groups is 1. The number of hydrogen-bond acceptors (Lipinski definition) is 4. The number of hydrogen-bond donors (Lipinski definition) is 0. The molecule has 5 nitrogen and oxygen atoms in total. The highest BCUT2D eigenvalue weighted by atomic mass is 32.2. The number of rotatable bonds is 6. The first kappa shape index (κ1) is 23.2. The summed E-state index contributed by atoms with van der Waals surface area (Å²) < 4.78 is 27.5. The summed E-state index contributed by atoms with van der Waals surface area (Å²) in [7, 11) is -2.98. The van der Waals surface area contributed by atoms with Crippen molar-refractivity contribution in [2.24, 2.45) is 11.8 Å². The first-order valence-electron chi connectivity index (χ1n) is 10.9. The highest BCUT2D eigenvalue weighted by molar-refractivity contribution is 7.89. The van der Waals surface area contributed by atoms with E-state index in [1.807, 2.05) is 20.9 Å². The maximum atomic E-state index is 13.5. The van der Waals surface area contributed by atoms with E-state index in [2.05, 4.69) is 36.7 Å². The lowest BCUT2D eigenvalue weighted by molar-refractivity contribution is -0.142. The molecule has 2 heterocycles. The largest absolute Gasteiger partial charge is 0.292 e. The van der Waals surface area contributed by atoms with Crippen LogP contribution in [0.25, 0.3) is 0 Å². The fourth-order valence-electron chi connectivity index (χ4n) is 4.87. The van der Waals surface area contributed by atoms with Gasteiger partial charge in [0.1, 0.15) is 5.54 Å². The minimum absolute atomic E-state index is 0.177. The maximum absolute atomic E-state index is 13.5. The van der Waals surface area contributed by atoms with Gasteiger partial charge in [0.05, 0.1) is 4.90 Å². The van der Waals surface area contributed by atoms with Gasteiger partial charge in [0, 0.05) is 21.2 Å². The van der Waals surface area contributed by atoms with Crippen molar-refractivity contribution in [3.8, 4) is 0 Å². The third kappa shape index (κ3) is 4.29. The number of likely N-dealkylation sites (tertiary alicyclic amines) is 1. The van der Waals surface area contributed by atoms with Gasteiger partial charge in [0.25, 0.3) is 15.9 Å². The Balaban J connectivity index is 1.79. The summed E-state index contributed by atoms with van der Waals surface area (Å²) in [4.78, 5) is 15.8. The zero-order chi connectivity index (χ0) is 22.3. The molecule has 2 saturated heterocycles. The second-order valence-corrected chi connectivity index (χ2v) is 17.7. The molecular formula is C23H36N2O3SSi. The van der Waals surface area contributed by atoms with E-state index >= 15 is 0 Å². The van der Waals surface area contributed by atoms with E-state index in [1.54, 1.807) is 24.3 Å². The fourth-order valence-corrected chi connectivity index (χ4v) is 7.23. The third-order valence-electron chi connectivity index (χ3n) is 6.84. The van der Waals surface area contributed by atoms with Crippen LogP contribution in [-0.4, -0.2) is 57.3 Å². The Morgan fingerprint density at radius 1 is 1.17 bits per heavy atom. The van der Waals surface area contributed by atoms with E-state index in [9.17, 15) is 13.2 Å². The van der Waals surface area contributed by atoms with Gasteiger partial charge in [0.2, 0.25) is 0 Å². The molecule has 1 aromatic carbocycles. The number of piperidine rings is 1. The number of benzene rings is 1. The molecule has 2 aliphatic heterocycles. The molecule has 30 heavy (non-hydrogen) atoms. The van der Waals surface area contributed by atoms with Crippen molar-refractivity contribution >= 4 is 24.0 Å². The van der Waals surface area contributed by atoms with Crippen LogP contribution in [0.15, 0.2) is 41.3 Å². The van der Waals surface area contributed by atoms with Crippen molar-refractivity contribution in [1.29, 1.82) is 0 Å². The summed E-state index contributed by atoms with van der Waals surface area (Å²) in [5.41, 5.74) is 0.222. The van der Waals surface area contributed by atoms with Gasteiger partial charge in [-0.15, -0.1) is 0 Å². The first-order chi connectivity index (χ1) is 13.9. The second kappa shape index (κ2) is 8.24. The number of fused-ring (bicyclic) bond motifs is 1. The Kier molecular flexibility index (Phi) is 6.38. The summed E-state index contributed by atoms with van der Waals surface area (Å²) in [6.45, 7) is 12.0. The van der Waals surface area contributed by atoms with E-state index in [0.29, 0.717) is 12.3 Å². The van der Waals surface area contributed by atoms with Crippen LogP contribution in [0, 0.1) is 18.8 Å². The van der Waals surface area contributed by atoms with Crippen LogP contribution >= 0.6 is 0 Å². The van der Waals surface area contributed by atoms with Gasteiger partial charge in [-0.25, -0.2) is 12.7 Å². The molecule has 0 bridgehead atoms. The third-order valence-corrected chi connectivity index (χ3v) is 10.1. The molecule has 3 atom stereocenters. The lowest BCUT2D eigenvalue weighted by Crippen LogP contribution is -2.62. The van der Waals surface area contributed by atoms with Crippen LogP contribution in [0.1, 0.15) is 25.3 Å². The summed E-state index contributed by atoms with van der Waals surface area (Å²) in [5, 5.41) is 0. The number of allylic oxidation sites excluding steroid dienone is 2. The predicted molar refractivity (Wildman–Crippen MR) is 125 cm³/mol. The van der Waals surface area contributed by atoms with Gasteiger partial charge in [-0.2, -0.15) is 0 Å². The smallest absolute Gasteiger partial charge is 0.266 e. The van der Waals surface area contributed by atoms with E-state index in [-0.39, 0.29) is 23.3 Å². The topological polar surface area (TPSA) is 57.7 Å². The molecule has 7 heteroatoms. The number of nitrogens with zero attached hydrogens (tertiary/aromatic N) is 2. The molecule has 0 radical (unpaired) electrons. The van der Waals surface area contributed by atoms with Crippen LogP contribution < -0.4 is 0 Å². The molecule has 0 aromatic heterocycles. The Bertz CT molecular complexity index is 921.